The Labute approximate surface area is 208 Å². The van der Waals surface area contributed by atoms with Crippen molar-refractivity contribution in [1.82, 2.24) is 0 Å². The van der Waals surface area contributed by atoms with Crippen LogP contribution >= 0.6 is 63.1 Å². The van der Waals surface area contributed by atoms with Crippen molar-refractivity contribution in [2.75, 3.05) is 4.90 Å². The predicted octanol–water partition coefficient (Wildman–Crippen LogP) is 7.74. The van der Waals surface area contributed by atoms with E-state index < -0.39 is 0 Å². The van der Waals surface area contributed by atoms with Crippen molar-refractivity contribution in [3.05, 3.63) is 97.3 Å². The van der Waals surface area contributed by atoms with Crippen molar-refractivity contribution < 1.29 is 9.53 Å². The molecular weight excluding hydrogens is 537 g/mol. The van der Waals surface area contributed by atoms with Crippen molar-refractivity contribution >= 4 is 85.1 Å². The molecule has 31 heavy (non-hydrogen) atoms. The average molecular weight is 551 g/mol. The molecule has 1 saturated heterocycles. The Balaban J connectivity index is 1.57. The van der Waals surface area contributed by atoms with Gasteiger partial charge in [0, 0.05) is 15.1 Å². The minimum atomic E-state index is -0.194. The fourth-order valence-corrected chi connectivity index (χ4v) is 4.77. The molecule has 3 nitrogen and oxygen atoms in total. The summed E-state index contributed by atoms with van der Waals surface area (Å²) in [6.07, 6.45) is 1.80. The lowest BCUT2D eigenvalue weighted by atomic mass is 10.1. The normalized spacial score (nSPS) is 15.1. The maximum Gasteiger partial charge on any atom is 0.270 e. The zero-order chi connectivity index (χ0) is 22.0. The van der Waals surface area contributed by atoms with E-state index >= 15 is 0 Å². The zero-order valence-corrected chi connectivity index (χ0v) is 20.6. The Kier molecular flexibility index (Phi) is 7.04. The molecule has 0 unspecified atom stereocenters. The molecular formula is C23H14BrCl2NO2S2. The van der Waals surface area contributed by atoms with Crippen LogP contribution in [-0.4, -0.2) is 10.2 Å². The lowest BCUT2D eigenvalue weighted by molar-refractivity contribution is -0.113. The van der Waals surface area contributed by atoms with Gasteiger partial charge in [-0.15, -0.1) is 0 Å². The van der Waals surface area contributed by atoms with E-state index in [9.17, 15) is 4.79 Å². The standard InChI is InChI=1S/C23H14BrCl2NO2S2/c24-18-10-9-17(12-19(18)26)27-22(28)21(31-23(27)30)11-15-3-1-2-4-20(15)29-13-14-5-7-16(25)8-6-14/h1-12H,13H2/b21-11+. The lowest BCUT2D eigenvalue weighted by Crippen LogP contribution is -2.27. The molecule has 0 spiro atoms. The van der Waals surface area contributed by atoms with Crippen LogP contribution in [0.5, 0.6) is 5.75 Å². The fourth-order valence-electron chi connectivity index (χ4n) is 2.93. The highest BCUT2D eigenvalue weighted by molar-refractivity contribution is 9.10. The topological polar surface area (TPSA) is 29.5 Å². The van der Waals surface area contributed by atoms with Crippen LogP contribution in [0.25, 0.3) is 6.08 Å². The molecule has 1 fully saturated rings. The van der Waals surface area contributed by atoms with Crippen molar-refractivity contribution in [2.24, 2.45) is 0 Å². The van der Waals surface area contributed by atoms with Gasteiger partial charge >= 0.3 is 0 Å². The Morgan fingerprint density at radius 3 is 2.55 bits per heavy atom. The molecule has 0 aliphatic carbocycles. The van der Waals surface area contributed by atoms with Gasteiger partial charge in [-0.1, -0.05) is 77.5 Å². The Hall–Kier alpha value is -1.83. The lowest BCUT2D eigenvalue weighted by Gasteiger charge is -2.15. The van der Waals surface area contributed by atoms with Gasteiger partial charge in [-0.2, -0.15) is 0 Å². The molecule has 1 aliphatic heterocycles. The second kappa shape index (κ2) is 9.76. The molecule has 0 radical (unpaired) electrons. The molecule has 1 heterocycles. The highest BCUT2D eigenvalue weighted by Gasteiger charge is 2.33. The van der Waals surface area contributed by atoms with E-state index in [2.05, 4.69) is 15.9 Å². The molecule has 3 aromatic rings. The first kappa shape index (κ1) is 22.4. The van der Waals surface area contributed by atoms with Crippen molar-refractivity contribution in [3.63, 3.8) is 0 Å². The van der Waals surface area contributed by atoms with E-state index in [1.54, 1.807) is 24.3 Å². The molecule has 0 aromatic heterocycles. The van der Waals surface area contributed by atoms with Crippen molar-refractivity contribution in [2.45, 2.75) is 6.61 Å². The summed E-state index contributed by atoms with van der Waals surface area (Å²) in [6.45, 7) is 0.389. The number of benzene rings is 3. The number of carbonyl (C=O) groups is 1. The summed E-state index contributed by atoms with van der Waals surface area (Å²) in [5, 5.41) is 1.19. The summed E-state index contributed by atoms with van der Waals surface area (Å²) in [6, 6.07) is 20.4. The van der Waals surface area contributed by atoms with Crippen molar-refractivity contribution in [3.8, 4) is 5.75 Å². The number of hydrogen-bond donors (Lipinski definition) is 0. The van der Waals surface area contributed by atoms with Crippen LogP contribution in [0.2, 0.25) is 10.0 Å². The van der Waals surface area contributed by atoms with Crippen LogP contribution in [0.15, 0.2) is 76.1 Å². The molecule has 1 aliphatic rings. The average Bonchev–Trinajstić information content (AvgIpc) is 3.03. The summed E-state index contributed by atoms with van der Waals surface area (Å²) >= 11 is 22.2. The summed E-state index contributed by atoms with van der Waals surface area (Å²) in [7, 11) is 0. The maximum atomic E-state index is 13.1. The van der Waals surface area contributed by atoms with Gasteiger partial charge in [0.25, 0.3) is 5.91 Å². The number of para-hydroxylation sites is 1. The van der Waals surface area contributed by atoms with Crippen LogP contribution in [0.4, 0.5) is 5.69 Å². The number of amides is 1. The monoisotopic (exact) mass is 549 g/mol. The van der Waals surface area contributed by atoms with Crippen LogP contribution in [0.3, 0.4) is 0 Å². The van der Waals surface area contributed by atoms with Gasteiger partial charge in [0.05, 0.1) is 15.6 Å². The van der Waals surface area contributed by atoms with Crippen molar-refractivity contribution in [1.29, 1.82) is 0 Å². The van der Waals surface area contributed by atoms with Gasteiger partial charge in [-0.05, 0) is 64.0 Å². The Bertz CT molecular complexity index is 1200. The minimum Gasteiger partial charge on any atom is -0.488 e. The number of anilines is 1. The van der Waals surface area contributed by atoms with Gasteiger partial charge in [-0.25, -0.2) is 0 Å². The molecule has 156 valence electrons. The van der Waals surface area contributed by atoms with Gasteiger partial charge in [-0.3, -0.25) is 9.69 Å². The highest BCUT2D eigenvalue weighted by atomic mass is 79.9. The first-order chi connectivity index (χ1) is 14.9. The smallest absolute Gasteiger partial charge is 0.270 e. The van der Waals surface area contributed by atoms with Gasteiger partial charge < -0.3 is 4.74 Å². The second-order valence-electron chi connectivity index (χ2n) is 6.57. The number of ether oxygens (including phenoxy) is 1. The third-order valence-corrected chi connectivity index (χ3v) is 7.25. The largest absolute Gasteiger partial charge is 0.488 e. The first-order valence-corrected chi connectivity index (χ1v) is 11.9. The zero-order valence-electron chi connectivity index (χ0n) is 15.8. The summed E-state index contributed by atoms with van der Waals surface area (Å²) < 4.78 is 7.21. The van der Waals surface area contributed by atoms with E-state index in [0.717, 1.165) is 15.6 Å². The molecule has 8 heteroatoms. The molecule has 3 aromatic carbocycles. The molecule has 0 bridgehead atoms. The van der Waals surface area contributed by atoms with E-state index in [4.69, 9.17) is 40.2 Å². The van der Waals surface area contributed by atoms with Crippen LogP contribution in [0.1, 0.15) is 11.1 Å². The summed E-state index contributed by atoms with van der Waals surface area (Å²) in [5.74, 6) is 0.482. The first-order valence-electron chi connectivity index (χ1n) is 9.11. The number of carbonyl (C=O) groups excluding carboxylic acids is 1. The Morgan fingerprint density at radius 1 is 1.06 bits per heavy atom. The minimum absolute atomic E-state index is 0.194. The predicted molar refractivity (Wildman–Crippen MR) is 137 cm³/mol. The van der Waals surface area contributed by atoms with E-state index in [1.165, 1.54) is 16.7 Å². The maximum absolute atomic E-state index is 13.1. The number of thioether (sulfide) groups is 1. The molecule has 0 atom stereocenters. The van der Waals surface area contributed by atoms with Crippen LogP contribution < -0.4 is 9.64 Å². The number of thiocarbonyl (C=S) groups is 1. The molecule has 4 rings (SSSR count). The SMILES string of the molecule is O=C1/C(=C\c2ccccc2OCc2ccc(Cl)cc2)SC(=S)N1c1ccc(Br)c(Cl)c1. The van der Waals surface area contributed by atoms with E-state index in [0.29, 0.717) is 37.3 Å². The molecule has 0 N–H and O–H groups in total. The molecule has 0 saturated carbocycles. The quantitative estimate of drug-likeness (QED) is 0.240. The fraction of sp³-hybridized carbons (Fsp3) is 0.0435. The number of halogens is 3. The van der Waals surface area contributed by atoms with Crippen LogP contribution in [0, 0.1) is 0 Å². The summed E-state index contributed by atoms with van der Waals surface area (Å²) in [5.41, 5.74) is 2.43. The van der Waals surface area contributed by atoms with E-state index in [-0.39, 0.29) is 5.91 Å². The number of hydrogen-bond acceptors (Lipinski definition) is 4. The number of rotatable bonds is 5. The molecule has 1 amide bonds. The third kappa shape index (κ3) is 5.16. The summed E-state index contributed by atoms with van der Waals surface area (Å²) in [4.78, 5) is 15.1. The number of nitrogens with zero attached hydrogens (tertiary/aromatic N) is 1. The van der Waals surface area contributed by atoms with E-state index in [1.807, 2.05) is 48.5 Å². The second-order valence-corrected chi connectivity index (χ2v) is 9.94. The van der Waals surface area contributed by atoms with Crippen LogP contribution in [-0.2, 0) is 11.4 Å². The highest BCUT2D eigenvalue weighted by Crippen LogP contribution is 2.38. The third-order valence-electron chi connectivity index (χ3n) is 4.47. The van der Waals surface area contributed by atoms with Gasteiger partial charge in [0.1, 0.15) is 12.4 Å². The Morgan fingerprint density at radius 2 is 1.81 bits per heavy atom. The van der Waals surface area contributed by atoms with Gasteiger partial charge in [0.15, 0.2) is 4.32 Å². The van der Waals surface area contributed by atoms with Gasteiger partial charge in [0.2, 0.25) is 0 Å².